The summed E-state index contributed by atoms with van der Waals surface area (Å²) < 4.78 is 12.5. The van der Waals surface area contributed by atoms with Crippen LogP contribution in [-0.4, -0.2) is 35.3 Å². The Morgan fingerprint density at radius 3 is 1.49 bits per heavy atom. The number of nitrogens with zero attached hydrogens (tertiary/aromatic N) is 2. The first-order valence-electron chi connectivity index (χ1n) is 12.5. The van der Waals surface area contributed by atoms with E-state index >= 15 is 0 Å². The fourth-order valence-corrected chi connectivity index (χ4v) is 4.99. The molecule has 0 aliphatic rings. The second-order valence-electron chi connectivity index (χ2n) is 9.04. The zero-order chi connectivity index (χ0) is 26.9. The number of aromatic nitrogens is 2. The highest BCUT2D eigenvalue weighted by Crippen LogP contribution is 2.37. The summed E-state index contributed by atoms with van der Waals surface area (Å²) in [6.45, 7) is 0. The van der Waals surface area contributed by atoms with Gasteiger partial charge in [-0.2, -0.15) is 0 Å². The molecule has 0 spiro atoms. The Morgan fingerprint density at radius 2 is 1.08 bits per heavy atom. The number of pyridine rings is 1. The van der Waals surface area contributed by atoms with Crippen LogP contribution in [0.5, 0.6) is 11.5 Å². The Labute approximate surface area is 225 Å². The molecular formula is C33H24N2O4. The fourth-order valence-electron chi connectivity index (χ4n) is 4.99. The maximum Gasteiger partial charge on any atom is 0.195 e. The molecule has 0 radical (unpaired) electrons. The van der Waals surface area contributed by atoms with Gasteiger partial charge in [0.2, 0.25) is 0 Å². The zero-order valence-corrected chi connectivity index (χ0v) is 21.4. The minimum Gasteiger partial charge on any atom is -0.497 e. The number of ketones is 2. The average Bonchev–Trinajstić information content (AvgIpc) is 3.36. The molecule has 6 nitrogen and oxygen atoms in total. The molecule has 6 rings (SSSR count). The molecule has 0 unspecified atom stereocenters. The lowest BCUT2D eigenvalue weighted by Crippen LogP contribution is -2.08. The molecule has 2 aromatic heterocycles. The second kappa shape index (κ2) is 9.91. The van der Waals surface area contributed by atoms with Crippen LogP contribution < -0.4 is 9.47 Å². The van der Waals surface area contributed by atoms with Gasteiger partial charge in [0.1, 0.15) is 17.3 Å². The number of methoxy groups -OCH3 is 2. The Hall–Kier alpha value is -5.23. The third-order valence-corrected chi connectivity index (χ3v) is 6.88. The van der Waals surface area contributed by atoms with Crippen molar-refractivity contribution in [3.8, 4) is 17.3 Å². The van der Waals surface area contributed by atoms with Crippen LogP contribution in [0.3, 0.4) is 0 Å². The van der Waals surface area contributed by atoms with Crippen LogP contribution in [0.25, 0.3) is 27.6 Å². The van der Waals surface area contributed by atoms with Gasteiger partial charge in [-0.25, -0.2) is 4.98 Å². The Kier molecular flexibility index (Phi) is 6.13. The van der Waals surface area contributed by atoms with Crippen molar-refractivity contribution in [1.82, 2.24) is 9.55 Å². The lowest BCUT2D eigenvalue weighted by molar-refractivity contribution is 0.103. The highest BCUT2D eigenvalue weighted by atomic mass is 16.5. The van der Waals surface area contributed by atoms with Crippen LogP contribution in [0, 0.1) is 0 Å². The number of hydrogen-bond donors (Lipinski definition) is 0. The van der Waals surface area contributed by atoms with Crippen LogP contribution in [-0.2, 0) is 0 Å². The van der Waals surface area contributed by atoms with E-state index in [4.69, 9.17) is 9.47 Å². The van der Waals surface area contributed by atoms with E-state index in [1.54, 1.807) is 68.9 Å². The molecule has 0 atom stereocenters. The molecular weight excluding hydrogens is 488 g/mol. The van der Waals surface area contributed by atoms with E-state index < -0.39 is 0 Å². The predicted octanol–water partition coefficient (Wildman–Crippen LogP) is 6.66. The molecule has 0 fully saturated rings. The standard InChI is InChI=1S/C33H24N2O4/c1-38-23-16-12-21(13-17-23)32(36)27-9-5-7-25-26-8-6-10-28(33(37)22-14-18-24(39-2)19-15-22)31(26)35(30(25)27)29-11-3-4-20-34-29/h3-20H,1-2H3. The van der Waals surface area contributed by atoms with Crippen molar-refractivity contribution < 1.29 is 19.1 Å². The van der Waals surface area contributed by atoms with Gasteiger partial charge in [-0.15, -0.1) is 0 Å². The van der Waals surface area contributed by atoms with Gasteiger partial charge in [0.15, 0.2) is 11.6 Å². The first kappa shape index (κ1) is 24.1. The molecule has 4 aromatic carbocycles. The maximum atomic E-state index is 13.9. The smallest absolute Gasteiger partial charge is 0.195 e. The maximum absolute atomic E-state index is 13.9. The van der Waals surface area contributed by atoms with Gasteiger partial charge in [0.05, 0.1) is 25.3 Å². The minimum atomic E-state index is -0.133. The van der Waals surface area contributed by atoms with E-state index in [-0.39, 0.29) is 11.6 Å². The van der Waals surface area contributed by atoms with Gasteiger partial charge in [0.25, 0.3) is 0 Å². The Balaban J connectivity index is 1.64. The molecule has 0 amide bonds. The van der Waals surface area contributed by atoms with Crippen molar-refractivity contribution in [3.05, 3.63) is 132 Å². The number of carbonyl (C=O) groups is 2. The molecule has 2 heterocycles. The molecule has 0 saturated heterocycles. The molecule has 6 heteroatoms. The van der Waals surface area contributed by atoms with Crippen LogP contribution in [0.4, 0.5) is 0 Å². The number of ether oxygens (including phenoxy) is 2. The summed E-state index contributed by atoms with van der Waals surface area (Å²) in [5.74, 6) is 1.70. The van der Waals surface area contributed by atoms with Crippen molar-refractivity contribution in [1.29, 1.82) is 0 Å². The van der Waals surface area contributed by atoms with E-state index in [9.17, 15) is 9.59 Å². The van der Waals surface area contributed by atoms with Crippen LogP contribution in [0.15, 0.2) is 109 Å². The number of carbonyl (C=O) groups excluding carboxylic acids is 2. The molecule has 0 bridgehead atoms. The quantitative estimate of drug-likeness (QED) is 0.224. The normalized spacial score (nSPS) is 11.0. The molecule has 0 saturated carbocycles. The molecule has 0 aliphatic carbocycles. The summed E-state index contributed by atoms with van der Waals surface area (Å²) in [4.78, 5) is 32.4. The van der Waals surface area contributed by atoms with Crippen LogP contribution >= 0.6 is 0 Å². The van der Waals surface area contributed by atoms with E-state index in [1.807, 2.05) is 59.2 Å². The van der Waals surface area contributed by atoms with Crippen molar-refractivity contribution in [2.45, 2.75) is 0 Å². The zero-order valence-electron chi connectivity index (χ0n) is 21.4. The predicted molar refractivity (Wildman–Crippen MR) is 151 cm³/mol. The molecule has 190 valence electrons. The SMILES string of the molecule is COc1ccc(C(=O)c2cccc3c4cccc(C(=O)c5ccc(OC)cc5)c4n(-c4ccccn4)c23)cc1. The highest BCUT2D eigenvalue weighted by molar-refractivity contribution is 6.25. The molecule has 0 N–H and O–H groups in total. The first-order chi connectivity index (χ1) is 19.1. The van der Waals surface area contributed by atoms with Crippen molar-refractivity contribution in [3.63, 3.8) is 0 Å². The summed E-state index contributed by atoms with van der Waals surface area (Å²) in [5, 5.41) is 1.72. The fraction of sp³-hybridized carbons (Fsp3) is 0.0606. The first-order valence-corrected chi connectivity index (χ1v) is 12.5. The van der Waals surface area contributed by atoms with Crippen molar-refractivity contribution in [2.75, 3.05) is 14.2 Å². The third kappa shape index (κ3) is 4.12. The lowest BCUT2D eigenvalue weighted by atomic mass is 9.99. The van der Waals surface area contributed by atoms with E-state index in [0.29, 0.717) is 50.6 Å². The monoisotopic (exact) mass is 512 g/mol. The molecule has 39 heavy (non-hydrogen) atoms. The van der Waals surface area contributed by atoms with Gasteiger partial charge in [-0.1, -0.05) is 30.3 Å². The van der Waals surface area contributed by atoms with E-state index in [2.05, 4.69) is 4.98 Å². The van der Waals surface area contributed by atoms with Crippen molar-refractivity contribution in [2.24, 2.45) is 0 Å². The van der Waals surface area contributed by atoms with E-state index in [1.165, 1.54) is 0 Å². The number of fused-ring (bicyclic) bond motifs is 3. The summed E-state index contributed by atoms with van der Waals surface area (Å²) in [5.41, 5.74) is 3.50. The molecule has 6 aromatic rings. The highest BCUT2D eigenvalue weighted by Gasteiger charge is 2.24. The summed E-state index contributed by atoms with van der Waals surface area (Å²) >= 11 is 0. The van der Waals surface area contributed by atoms with Crippen LogP contribution in [0.1, 0.15) is 31.8 Å². The lowest BCUT2D eigenvalue weighted by Gasteiger charge is -2.12. The number of rotatable bonds is 7. The topological polar surface area (TPSA) is 70.4 Å². The second-order valence-corrected chi connectivity index (χ2v) is 9.04. The van der Waals surface area contributed by atoms with Crippen molar-refractivity contribution >= 4 is 33.4 Å². The summed E-state index contributed by atoms with van der Waals surface area (Å²) in [7, 11) is 3.18. The largest absolute Gasteiger partial charge is 0.497 e. The number of benzene rings is 4. The number of hydrogen-bond acceptors (Lipinski definition) is 5. The Morgan fingerprint density at radius 1 is 0.590 bits per heavy atom. The van der Waals surface area contributed by atoms with Gasteiger partial charge in [-0.05, 0) is 72.8 Å². The molecule has 0 aliphatic heterocycles. The van der Waals surface area contributed by atoms with Gasteiger partial charge >= 0.3 is 0 Å². The summed E-state index contributed by atoms with van der Waals surface area (Å²) in [6, 6.07) is 31.1. The van der Waals surface area contributed by atoms with Gasteiger partial charge in [0, 0.05) is 39.2 Å². The summed E-state index contributed by atoms with van der Waals surface area (Å²) in [6.07, 6.45) is 1.70. The van der Waals surface area contributed by atoms with Crippen LogP contribution in [0.2, 0.25) is 0 Å². The third-order valence-electron chi connectivity index (χ3n) is 6.88. The van der Waals surface area contributed by atoms with Gasteiger partial charge < -0.3 is 9.47 Å². The van der Waals surface area contributed by atoms with E-state index in [0.717, 1.165) is 10.8 Å². The number of para-hydroxylation sites is 2. The Bertz CT molecular complexity index is 1720. The van der Waals surface area contributed by atoms with Gasteiger partial charge in [-0.3, -0.25) is 14.2 Å². The average molecular weight is 513 g/mol. The minimum absolute atomic E-state index is 0.133.